The zero-order chi connectivity index (χ0) is 8.72. The standard InChI is InChI=1S/C8H7Br2NO/c9-5-1-2-6(10)8-4(5)3-7(12)11-8/h1-2,4-5H,3H2,(H,11,12)/t4-,5+/m0/s1. The summed E-state index contributed by atoms with van der Waals surface area (Å²) in [5.74, 6) is 0.400. The average molecular weight is 293 g/mol. The first-order chi connectivity index (χ1) is 5.68. The van der Waals surface area contributed by atoms with Gasteiger partial charge >= 0.3 is 0 Å². The van der Waals surface area contributed by atoms with Gasteiger partial charge in [0.1, 0.15) is 0 Å². The molecule has 1 heterocycles. The lowest BCUT2D eigenvalue weighted by Gasteiger charge is -2.19. The van der Waals surface area contributed by atoms with Gasteiger partial charge in [-0.05, 0) is 22.0 Å². The van der Waals surface area contributed by atoms with Gasteiger partial charge in [0.25, 0.3) is 0 Å². The largest absolute Gasteiger partial charge is 0.328 e. The molecule has 64 valence electrons. The molecule has 2 aliphatic rings. The zero-order valence-electron chi connectivity index (χ0n) is 6.18. The van der Waals surface area contributed by atoms with Crippen LogP contribution in [0.25, 0.3) is 0 Å². The highest BCUT2D eigenvalue weighted by molar-refractivity contribution is 9.12. The molecule has 0 bridgehead atoms. The molecule has 2 rings (SSSR count). The summed E-state index contributed by atoms with van der Waals surface area (Å²) in [5.41, 5.74) is 1.02. The maximum absolute atomic E-state index is 11.1. The quantitative estimate of drug-likeness (QED) is 0.681. The molecule has 0 spiro atoms. The lowest BCUT2D eigenvalue weighted by Crippen LogP contribution is -2.18. The van der Waals surface area contributed by atoms with Crippen LogP contribution in [0.4, 0.5) is 0 Å². The Morgan fingerprint density at radius 1 is 1.58 bits per heavy atom. The lowest BCUT2D eigenvalue weighted by molar-refractivity contribution is -0.119. The molecule has 0 aromatic heterocycles. The Hall–Kier alpha value is -0.0900. The van der Waals surface area contributed by atoms with Gasteiger partial charge in [-0.2, -0.15) is 0 Å². The van der Waals surface area contributed by atoms with Crippen LogP contribution in [-0.4, -0.2) is 10.7 Å². The normalized spacial score (nSPS) is 33.7. The van der Waals surface area contributed by atoms with E-state index in [1.807, 2.05) is 6.08 Å². The molecule has 0 radical (unpaired) electrons. The third-order valence-electron chi connectivity index (χ3n) is 2.12. The van der Waals surface area contributed by atoms with E-state index in [4.69, 9.17) is 0 Å². The van der Waals surface area contributed by atoms with Crippen molar-refractivity contribution in [3.63, 3.8) is 0 Å². The monoisotopic (exact) mass is 291 g/mol. The number of halogens is 2. The highest BCUT2D eigenvalue weighted by Gasteiger charge is 2.34. The van der Waals surface area contributed by atoms with Crippen LogP contribution in [-0.2, 0) is 4.79 Å². The number of fused-ring (bicyclic) bond motifs is 1. The van der Waals surface area contributed by atoms with Crippen molar-refractivity contribution in [2.75, 3.05) is 0 Å². The van der Waals surface area contributed by atoms with Crippen LogP contribution in [0.5, 0.6) is 0 Å². The summed E-state index contributed by atoms with van der Waals surface area (Å²) < 4.78 is 0.994. The number of allylic oxidation sites excluding steroid dienone is 4. The fourth-order valence-corrected chi connectivity index (χ4v) is 2.65. The van der Waals surface area contributed by atoms with Crippen LogP contribution in [0.2, 0.25) is 0 Å². The maximum Gasteiger partial charge on any atom is 0.224 e. The Bertz CT molecular complexity index is 295. The van der Waals surface area contributed by atoms with Gasteiger partial charge in [0.05, 0.1) is 0 Å². The van der Waals surface area contributed by atoms with Gasteiger partial charge in [-0.3, -0.25) is 4.79 Å². The Kier molecular flexibility index (Phi) is 2.12. The smallest absolute Gasteiger partial charge is 0.224 e. The first-order valence-electron chi connectivity index (χ1n) is 3.70. The molecule has 0 aromatic carbocycles. The molecular formula is C8H7Br2NO. The second kappa shape index (κ2) is 3.00. The number of nitrogens with one attached hydrogen (secondary N) is 1. The van der Waals surface area contributed by atoms with Gasteiger partial charge < -0.3 is 5.32 Å². The molecule has 1 aliphatic heterocycles. The van der Waals surface area contributed by atoms with E-state index in [0.29, 0.717) is 6.42 Å². The zero-order valence-corrected chi connectivity index (χ0v) is 9.35. The highest BCUT2D eigenvalue weighted by atomic mass is 79.9. The van der Waals surface area contributed by atoms with Crippen molar-refractivity contribution in [1.82, 2.24) is 5.32 Å². The number of hydrogen-bond acceptors (Lipinski definition) is 1. The van der Waals surface area contributed by atoms with Crippen molar-refractivity contribution in [3.05, 3.63) is 22.3 Å². The first kappa shape index (κ1) is 8.51. The molecule has 1 fully saturated rings. The Morgan fingerprint density at radius 3 is 3.00 bits per heavy atom. The van der Waals surface area contributed by atoms with Crippen LogP contribution in [0, 0.1) is 5.92 Å². The third kappa shape index (κ3) is 1.27. The average Bonchev–Trinajstić information content (AvgIpc) is 2.41. The van der Waals surface area contributed by atoms with E-state index in [1.54, 1.807) is 0 Å². The molecule has 0 unspecified atom stereocenters. The van der Waals surface area contributed by atoms with Crippen molar-refractivity contribution >= 4 is 37.8 Å². The molecular weight excluding hydrogens is 286 g/mol. The second-order valence-electron chi connectivity index (χ2n) is 2.92. The van der Waals surface area contributed by atoms with Crippen LogP contribution in [0.1, 0.15) is 6.42 Å². The van der Waals surface area contributed by atoms with E-state index in [-0.39, 0.29) is 16.7 Å². The molecule has 1 N–H and O–H groups in total. The summed E-state index contributed by atoms with van der Waals surface area (Å²) in [6, 6.07) is 0. The van der Waals surface area contributed by atoms with Crippen LogP contribution in [0.3, 0.4) is 0 Å². The summed E-state index contributed by atoms with van der Waals surface area (Å²) in [6.45, 7) is 0. The number of amides is 1. The fraction of sp³-hybridized carbons (Fsp3) is 0.375. The molecule has 2 atom stereocenters. The highest BCUT2D eigenvalue weighted by Crippen LogP contribution is 2.36. The summed E-state index contributed by atoms with van der Waals surface area (Å²) in [7, 11) is 0. The fourth-order valence-electron chi connectivity index (χ4n) is 1.50. The minimum Gasteiger partial charge on any atom is -0.328 e. The van der Waals surface area contributed by atoms with Gasteiger partial charge in [-0.1, -0.05) is 22.0 Å². The molecule has 2 nitrogen and oxygen atoms in total. The Balaban J connectivity index is 2.37. The number of carbonyl (C=O) groups excluding carboxylic acids is 1. The summed E-state index contributed by atoms with van der Waals surface area (Å²) in [5, 5.41) is 2.85. The van der Waals surface area contributed by atoms with E-state index in [9.17, 15) is 4.79 Å². The molecule has 1 aliphatic carbocycles. The molecule has 0 aromatic rings. The van der Waals surface area contributed by atoms with E-state index in [1.165, 1.54) is 0 Å². The van der Waals surface area contributed by atoms with Gasteiger partial charge in [-0.25, -0.2) is 0 Å². The summed E-state index contributed by atoms with van der Waals surface area (Å²) in [4.78, 5) is 11.4. The second-order valence-corrected chi connectivity index (χ2v) is 4.84. The molecule has 0 saturated carbocycles. The maximum atomic E-state index is 11.1. The molecule has 12 heavy (non-hydrogen) atoms. The minimum absolute atomic E-state index is 0.111. The topological polar surface area (TPSA) is 29.1 Å². The third-order valence-corrected chi connectivity index (χ3v) is 3.75. The lowest BCUT2D eigenvalue weighted by atomic mass is 9.97. The summed E-state index contributed by atoms with van der Waals surface area (Å²) in [6.07, 6.45) is 4.61. The molecule has 4 heteroatoms. The predicted molar refractivity (Wildman–Crippen MR) is 54.1 cm³/mol. The minimum atomic E-state index is 0.111. The van der Waals surface area contributed by atoms with E-state index < -0.39 is 0 Å². The van der Waals surface area contributed by atoms with Gasteiger partial charge in [0, 0.05) is 27.3 Å². The van der Waals surface area contributed by atoms with E-state index in [2.05, 4.69) is 43.3 Å². The van der Waals surface area contributed by atoms with Crippen molar-refractivity contribution in [3.8, 4) is 0 Å². The Morgan fingerprint density at radius 2 is 2.33 bits per heavy atom. The van der Waals surface area contributed by atoms with Crippen LogP contribution < -0.4 is 5.32 Å². The number of rotatable bonds is 0. The number of hydrogen-bond donors (Lipinski definition) is 1. The number of carbonyl (C=O) groups is 1. The van der Waals surface area contributed by atoms with Crippen molar-refractivity contribution in [1.29, 1.82) is 0 Å². The predicted octanol–water partition coefficient (Wildman–Crippen LogP) is 2.06. The van der Waals surface area contributed by atoms with Crippen LogP contribution in [0.15, 0.2) is 22.3 Å². The van der Waals surface area contributed by atoms with Crippen molar-refractivity contribution < 1.29 is 4.79 Å². The molecule has 1 amide bonds. The van der Waals surface area contributed by atoms with Gasteiger partial charge in [0.15, 0.2) is 0 Å². The summed E-state index contributed by atoms with van der Waals surface area (Å²) >= 11 is 6.92. The van der Waals surface area contributed by atoms with Crippen LogP contribution >= 0.6 is 31.9 Å². The van der Waals surface area contributed by atoms with Gasteiger partial charge in [0.2, 0.25) is 5.91 Å². The van der Waals surface area contributed by atoms with Gasteiger partial charge in [-0.15, -0.1) is 0 Å². The van der Waals surface area contributed by atoms with E-state index in [0.717, 1.165) is 10.2 Å². The molecule has 1 saturated heterocycles. The van der Waals surface area contributed by atoms with Crippen molar-refractivity contribution in [2.45, 2.75) is 11.2 Å². The SMILES string of the molecule is O=C1C[C@@H]2C(=C(Br)C=C[C@H]2Br)N1. The van der Waals surface area contributed by atoms with Crippen molar-refractivity contribution in [2.24, 2.45) is 5.92 Å². The first-order valence-corrected chi connectivity index (χ1v) is 5.41. The Labute approximate surface area is 87.3 Å². The van der Waals surface area contributed by atoms with E-state index >= 15 is 0 Å². The number of alkyl halides is 1.